The van der Waals surface area contributed by atoms with Gasteiger partial charge in [-0.1, -0.05) is 30.0 Å². The molecule has 2 heterocycles. The number of thioether (sulfide) groups is 1. The van der Waals surface area contributed by atoms with Gasteiger partial charge in [0.15, 0.2) is 0 Å². The number of carbonyl (C=O) groups excluding carboxylic acids is 1. The third kappa shape index (κ3) is 4.08. The summed E-state index contributed by atoms with van der Waals surface area (Å²) in [6.07, 6.45) is 3.93. The van der Waals surface area contributed by atoms with E-state index in [0.29, 0.717) is 17.5 Å². The van der Waals surface area contributed by atoms with Crippen LogP contribution in [-0.4, -0.2) is 45.7 Å². The fourth-order valence-electron chi connectivity index (χ4n) is 2.23. The van der Waals surface area contributed by atoms with Crippen LogP contribution in [0.1, 0.15) is 12.8 Å². The first-order valence-electron chi connectivity index (χ1n) is 7.29. The number of rotatable bonds is 6. The maximum absolute atomic E-state index is 11.8. The van der Waals surface area contributed by atoms with Crippen molar-refractivity contribution in [2.75, 3.05) is 18.9 Å². The van der Waals surface area contributed by atoms with Gasteiger partial charge in [-0.15, -0.1) is 5.10 Å². The molecule has 1 N–H and O–H groups in total. The van der Waals surface area contributed by atoms with Crippen LogP contribution >= 0.6 is 11.8 Å². The van der Waals surface area contributed by atoms with Gasteiger partial charge in [0, 0.05) is 13.2 Å². The molecule has 0 radical (unpaired) electrons. The molecule has 1 aromatic carbocycles. The lowest BCUT2D eigenvalue weighted by molar-refractivity contribution is -0.119. The van der Waals surface area contributed by atoms with Crippen molar-refractivity contribution in [3.8, 4) is 5.69 Å². The van der Waals surface area contributed by atoms with Gasteiger partial charge >= 0.3 is 0 Å². The van der Waals surface area contributed by atoms with Gasteiger partial charge in [0.05, 0.1) is 17.5 Å². The molecule has 1 aliphatic heterocycles. The molecule has 0 spiro atoms. The average Bonchev–Trinajstić information content (AvgIpc) is 3.23. The number of ether oxygens (including phenoxy) is 1. The van der Waals surface area contributed by atoms with E-state index in [1.54, 1.807) is 11.0 Å². The third-order valence-corrected chi connectivity index (χ3v) is 4.23. The summed E-state index contributed by atoms with van der Waals surface area (Å²) in [6, 6.07) is 9.76. The van der Waals surface area contributed by atoms with Crippen molar-refractivity contribution >= 4 is 17.7 Å². The highest BCUT2D eigenvalue weighted by atomic mass is 32.2. The number of amides is 1. The molecule has 0 saturated carbocycles. The van der Waals surface area contributed by atoms with Gasteiger partial charge in [0.25, 0.3) is 0 Å². The summed E-state index contributed by atoms with van der Waals surface area (Å²) in [4.78, 5) is 16.0. The highest BCUT2D eigenvalue weighted by Gasteiger charge is 2.16. The topological polar surface area (TPSA) is 69.0 Å². The summed E-state index contributed by atoms with van der Waals surface area (Å²) in [5, 5.41) is 7.83. The smallest absolute Gasteiger partial charge is 0.230 e. The number of hydrogen-bond donors (Lipinski definition) is 1. The minimum atomic E-state index is -0.0171. The average molecular weight is 318 g/mol. The van der Waals surface area contributed by atoms with E-state index in [4.69, 9.17) is 4.74 Å². The molecule has 6 nitrogen and oxygen atoms in total. The molecule has 116 valence electrons. The predicted molar refractivity (Wildman–Crippen MR) is 84.1 cm³/mol. The van der Waals surface area contributed by atoms with Crippen molar-refractivity contribution in [2.24, 2.45) is 0 Å². The Bertz CT molecular complexity index is 611. The predicted octanol–water partition coefficient (Wildman–Crippen LogP) is 1.65. The van der Waals surface area contributed by atoms with Crippen LogP contribution in [0.15, 0.2) is 41.8 Å². The van der Waals surface area contributed by atoms with Crippen LogP contribution < -0.4 is 5.32 Å². The van der Waals surface area contributed by atoms with Crippen LogP contribution in [-0.2, 0) is 9.53 Å². The Kier molecular flexibility index (Phi) is 5.07. The highest BCUT2D eigenvalue weighted by Crippen LogP contribution is 2.14. The van der Waals surface area contributed by atoms with Gasteiger partial charge in [-0.25, -0.2) is 9.67 Å². The second kappa shape index (κ2) is 7.42. The summed E-state index contributed by atoms with van der Waals surface area (Å²) >= 11 is 1.33. The molecule has 1 atom stereocenters. The van der Waals surface area contributed by atoms with E-state index in [9.17, 15) is 4.79 Å². The Labute approximate surface area is 133 Å². The van der Waals surface area contributed by atoms with Crippen molar-refractivity contribution in [1.29, 1.82) is 0 Å². The zero-order chi connectivity index (χ0) is 15.2. The lowest BCUT2D eigenvalue weighted by Crippen LogP contribution is -2.32. The van der Waals surface area contributed by atoms with E-state index in [0.717, 1.165) is 25.1 Å². The normalized spacial score (nSPS) is 17.5. The van der Waals surface area contributed by atoms with E-state index >= 15 is 0 Å². The molecule has 7 heteroatoms. The molecule has 1 aromatic heterocycles. The van der Waals surface area contributed by atoms with Crippen LogP contribution in [0.5, 0.6) is 0 Å². The van der Waals surface area contributed by atoms with Crippen molar-refractivity contribution in [2.45, 2.75) is 24.1 Å². The molecule has 3 rings (SSSR count). The highest BCUT2D eigenvalue weighted by molar-refractivity contribution is 7.99. The number of para-hydroxylation sites is 1. The molecule has 2 aromatic rings. The Hall–Kier alpha value is -1.86. The standard InChI is InChI=1S/C15H18N4O2S/c20-14(16-9-13-7-4-8-21-13)10-22-15-17-11-19(18-15)12-5-2-1-3-6-12/h1-3,5-6,11,13H,4,7-10H2,(H,16,20)/t13-/m0/s1. The van der Waals surface area contributed by atoms with Crippen molar-refractivity contribution in [1.82, 2.24) is 20.1 Å². The molecule has 1 amide bonds. The second-order valence-electron chi connectivity index (χ2n) is 5.04. The summed E-state index contributed by atoms with van der Waals surface area (Å²) in [5.74, 6) is 0.294. The second-order valence-corrected chi connectivity index (χ2v) is 5.98. The van der Waals surface area contributed by atoms with E-state index in [1.165, 1.54) is 11.8 Å². The van der Waals surface area contributed by atoms with Gasteiger partial charge in [0.2, 0.25) is 11.1 Å². The summed E-state index contributed by atoms with van der Waals surface area (Å²) < 4.78 is 7.17. The lowest BCUT2D eigenvalue weighted by atomic mass is 10.2. The van der Waals surface area contributed by atoms with Crippen molar-refractivity contribution in [3.05, 3.63) is 36.7 Å². The van der Waals surface area contributed by atoms with E-state index in [2.05, 4.69) is 15.4 Å². The molecule has 1 aliphatic rings. The molecular formula is C15H18N4O2S. The van der Waals surface area contributed by atoms with Crippen LogP contribution in [0.4, 0.5) is 0 Å². The van der Waals surface area contributed by atoms with Crippen LogP contribution in [0, 0.1) is 0 Å². The van der Waals surface area contributed by atoms with Gasteiger partial charge in [-0.3, -0.25) is 4.79 Å². The molecule has 1 fully saturated rings. The Morgan fingerprint density at radius 2 is 2.27 bits per heavy atom. The number of nitrogens with zero attached hydrogens (tertiary/aromatic N) is 3. The Morgan fingerprint density at radius 1 is 1.41 bits per heavy atom. The lowest BCUT2D eigenvalue weighted by Gasteiger charge is -2.09. The number of aromatic nitrogens is 3. The molecule has 0 bridgehead atoms. The zero-order valence-electron chi connectivity index (χ0n) is 12.1. The number of carbonyl (C=O) groups is 1. The molecule has 0 aliphatic carbocycles. The monoisotopic (exact) mass is 318 g/mol. The maximum Gasteiger partial charge on any atom is 0.230 e. The summed E-state index contributed by atoms with van der Waals surface area (Å²) in [5.41, 5.74) is 0.949. The van der Waals surface area contributed by atoms with E-state index < -0.39 is 0 Å². The van der Waals surface area contributed by atoms with Crippen LogP contribution in [0.2, 0.25) is 0 Å². The molecule has 0 unspecified atom stereocenters. The van der Waals surface area contributed by atoms with E-state index in [-0.39, 0.29) is 12.0 Å². The minimum Gasteiger partial charge on any atom is -0.376 e. The molecular weight excluding hydrogens is 300 g/mol. The first kappa shape index (κ1) is 15.1. The molecule has 1 saturated heterocycles. The number of nitrogens with one attached hydrogen (secondary N) is 1. The number of benzene rings is 1. The van der Waals surface area contributed by atoms with Gasteiger partial charge < -0.3 is 10.1 Å². The van der Waals surface area contributed by atoms with Gasteiger partial charge in [0.1, 0.15) is 6.33 Å². The first-order chi connectivity index (χ1) is 10.8. The fourth-order valence-corrected chi connectivity index (χ4v) is 2.86. The SMILES string of the molecule is O=C(CSc1ncn(-c2ccccc2)n1)NC[C@@H]1CCCO1. The van der Waals surface area contributed by atoms with Gasteiger partial charge in [-0.05, 0) is 25.0 Å². The fraction of sp³-hybridized carbons (Fsp3) is 0.400. The quantitative estimate of drug-likeness (QED) is 0.820. The maximum atomic E-state index is 11.8. The largest absolute Gasteiger partial charge is 0.376 e. The minimum absolute atomic E-state index is 0.0171. The van der Waals surface area contributed by atoms with Gasteiger partial charge in [-0.2, -0.15) is 0 Å². The van der Waals surface area contributed by atoms with Crippen LogP contribution in [0.3, 0.4) is 0 Å². The Morgan fingerprint density at radius 3 is 3.05 bits per heavy atom. The van der Waals surface area contributed by atoms with E-state index in [1.807, 2.05) is 30.3 Å². The Balaban J connectivity index is 1.45. The van der Waals surface area contributed by atoms with Crippen LogP contribution in [0.25, 0.3) is 5.69 Å². The summed E-state index contributed by atoms with van der Waals surface area (Å²) in [7, 11) is 0. The first-order valence-corrected chi connectivity index (χ1v) is 8.28. The third-order valence-electron chi connectivity index (χ3n) is 3.37. The zero-order valence-corrected chi connectivity index (χ0v) is 13.0. The van der Waals surface area contributed by atoms with Crippen molar-refractivity contribution < 1.29 is 9.53 Å². The number of hydrogen-bond acceptors (Lipinski definition) is 5. The molecule has 22 heavy (non-hydrogen) atoms. The van der Waals surface area contributed by atoms with Crippen molar-refractivity contribution in [3.63, 3.8) is 0 Å². The summed E-state index contributed by atoms with van der Waals surface area (Å²) in [6.45, 7) is 1.39.